The molecule has 144 valence electrons. The van der Waals surface area contributed by atoms with E-state index < -0.39 is 23.4 Å². The second-order valence-electron chi connectivity index (χ2n) is 7.63. The Morgan fingerprint density at radius 1 is 1.38 bits per heavy atom. The second kappa shape index (κ2) is 6.30. The third-order valence-corrected chi connectivity index (χ3v) is 6.86. The number of hydrogen-bond acceptors (Lipinski definition) is 6. The number of carbonyl (C=O) groups is 1. The molecule has 1 aliphatic heterocycles. The smallest absolute Gasteiger partial charge is 0.312 e. The van der Waals surface area contributed by atoms with Crippen LogP contribution in [0, 0.1) is 10.8 Å². The van der Waals surface area contributed by atoms with Crippen LogP contribution >= 0.6 is 15.9 Å². The topological polar surface area (TPSA) is 91.7 Å². The maximum Gasteiger partial charge on any atom is 0.312 e. The maximum atomic E-state index is 15.1. The number of esters is 1. The summed E-state index contributed by atoms with van der Waals surface area (Å²) in [6.07, 6.45) is -1.26. The standard InChI is InChI=1S/C17H24BrFN4O3/c1-16(2)8(6-7-17(16,3)15(24)26-5)13-21-10(18)9-12(20)22-14(25-4)11(19)23(9)13/h8,11,14H,6-7H2,1-5H3,(H2,20,22)/t8-,11?,14?,17+/m0/s1. The van der Waals surface area contributed by atoms with Crippen LogP contribution in [-0.4, -0.2) is 41.8 Å². The molecule has 4 atom stereocenters. The minimum Gasteiger partial charge on any atom is -0.469 e. The Balaban J connectivity index is 2.12. The number of fused-ring (bicyclic) bond motifs is 1. The first-order valence-corrected chi connectivity index (χ1v) is 9.26. The molecular formula is C17H24BrFN4O3. The van der Waals surface area contributed by atoms with Crippen LogP contribution in [0.3, 0.4) is 0 Å². The van der Waals surface area contributed by atoms with Crippen LogP contribution < -0.4 is 5.73 Å². The quantitative estimate of drug-likeness (QED) is 0.744. The van der Waals surface area contributed by atoms with Gasteiger partial charge in [0.1, 0.15) is 22.0 Å². The summed E-state index contributed by atoms with van der Waals surface area (Å²) < 4.78 is 27.2. The number of rotatable bonds is 3. The Kier molecular flexibility index (Phi) is 4.67. The van der Waals surface area contributed by atoms with Gasteiger partial charge in [-0.15, -0.1) is 0 Å². The SMILES string of the molecule is COC(=O)[C@@]1(C)CC[C@@H](c2nc(Br)c3n2C(F)C(OC)N=C3N)C1(C)C. The van der Waals surface area contributed by atoms with Crippen LogP contribution in [0.2, 0.25) is 0 Å². The van der Waals surface area contributed by atoms with Crippen molar-refractivity contribution in [2.45, 2.75) is 52.1 Å². The van der Waals surface area contributed by atoms with E-state index in [9.17, 15) is 4.79 Å². The van der Waals surface area contributed by atoms with Crippen LogP contribution in [0.1, 0.15) is 57.3 Å². The number of amidine groups is 1. The van der Waals surface area contributed by atoms with Crippen LogP contribution in [0.4, 0.5) is 4.39 Å². The van der Waals surface area contributed by atoms with E-state index in [0.29, 0.717) is 29.0 Å². The number of halogens is 2. The Hall–Kier alpha value is -1.48. The van der Waals surface area contributed by atoms with Crippen LogP contribution in [0.25, 0.3) is 0 Å². The number of aliphatic imine (C=N–C) groups is 1. The van der Waals surface area contributed by atoms with E-state index >= 15 is 4.39 Å². The van der Waals surface area contributed by atoms with Gasteiger partial charge in [-0.05, 0) is 41.1 Å². The monoisotopic (exact) mass is 430 g/mol. The van der Waals surface area contributed by atoms with E-state index in [1.807, 2.05) is 20.8 Å². The maximum absolute atomic E-state index is 15.1. The lowest BCUT2D eigenvalue weighted by molar-refractivity contribution is -0.157. The molecule has 26 heavy (non-hydrogen) atoms. The molecule has 0 bridgehead atoms. The van der Waals surface area contributed by atoms with E-state index in [1.54, 1.807) is 0 Å². The molecule has 1 fully saturated rings. The third kappa shape index (κ3) is 2.43. The Bertz CT molecular complexity index is 778. The molecule has 0 spiro atoms. The van der Waals surface area contributed by atoms with Gasteiger partial charge in [0, 0.05) is 13.0 Å². The fraction of sp³-hybridized carbons (Fsp3) is 0.706. The van der Waals surface area contributed by atoms with Crippen molar-refractivity contribution in [1.29, 1.82) is 0 Å². The van der Waals surface area contributed by atoms with E-state index in [4.69, 9.17) is 15.2 Å². The first kappa shape index (κ1) is 19.3. The van der Waals surface area contributed by atoms with Crippen molar-refractivity contribution in [3.8, 4) is 0 Å². The fourth-order valence-corrected chi connectivity index (χ4v) is 4.82. The largest absolute Gasteiger partial charge is 0.469 e. The highest BCUT2D eigenvalue weighted by Gasteiger charge is 2.58. The summed E-state index contributed by atoms with van der Waals surface area (Å²) in [4.78, 5) is 21.1. The summed E-state index contributed by atoms with van der Waals surface area (Å²) in [6.45, 7) is 5.89. The Labute approximate surface area is 160 Å². The number of ether oxygens (including phenoxy) is 2. The predicted octanol–water partition coefficient (Wildman–Crippen LogP) is 2.89. The number of alkyl halides is 1. The molecule has 9 heteroatoms. The zero-order valence-corrected chi connectivity index (χ0v) is 17.1. The second-order valence-corrected chi connectivity index (χ2v) is 8.38. The van der Waals surface area contributed by atoms with Gasteiger partial charge in [-0.2, -0.15) is 0 Å². The number of hydrogen-bond donors (Lipinski definition) is 1. The highest BCUT2D eigenvalue weighted by atomic mass is 79.9. The van der Waals surface area contributed by atoms with E-state index in [0.717, 1.165) is 0 Å². The normalized spacial score (nSPS) is 32.9. The summed E-state index contributed by atoms with van der Waals surface area (Å²) in [5.74, 6) is 0.292. The first-order chi connectivity index (χ1) is 12.1. The summed E-state index contributed by atoms with van der Waals surface area (Å²) >= 11 is 3.38. The summed E-state index contributed by atoms with van der Waals surface area (Å²) in [7, 11) is 2.78. The third-order valence-electron chi connectivity index (χ3n) is 6.30. The van der Waals surface area contributed by atoms with Crippen LogP contribution in [0.5, 0.6) is 0 Å². The molecule has 3 rings (SSSR count). The van der Waals surface area contributed by atoms with Crippen molar-refractivity contribution in [1.82, 2.24) is 9.55 Å². The van der Waals surface area contributed by atoms with Gasteiger partial charge in [0.25, 0.3) is 0 Å². The Morgan fingerprint density at radius 3 is 2.62 bits per heavy atom. The van der Waals surface area contributed by atoms with Gasteiger partial charge in [-0.25, -0.2) is 14.4 Å². The molecule has 7 nitrogen and oxygen atoms in total. The number of imidazole rings is 1. The lowest BCUT2D eigenvalue weighted by Crippen LogP contribution is -2.42. The summed E-state index contributed by atoms with van der Waals surface area (Å²) in [6, 6.07) is 0. The van der Waals surface area contributed by atoms with Gasteiger partial charge >= 0.3 is 5.97 Å². The average molecular weight is 431 g/mol. The van der Waals surface area contributed by atoms with E-state index in [2.05, 4.69) is 25.9 Å². The molecular weight excluding hydrogens is 407 g/mol. The molecule has 0 aromatic carbocycles. The van der Waals surface area contributed by atoms with Crippen LogP contribution in [-0.2, 0) is 14.3 Å². The molecule has 1 aromatic heterocycles. The highest BCUT2D eigenvalue weighted by Crippen LogP contribution is 2.60. The summed E-state index contributed by atoms with van der Waals surface area (Å²) in [5, 5.41) is 0. The fourth-order valence-electron chi connectivity index (χ4n) is 4.24. The lowest BCUT2D eigenvalue weighted by atomic mass is 9.65. The molecule has 2 N–H and O–H groups in total. The first-order valence-electron chi connectivity index (χ1n) is 8.46. The van der Waals surface area contributed by atoms with Gasteiger partial charge in [-0.1, -0.05) is 13.8 Å². The zero-order chi connectivity index (χ0) is 19.4. The van der Waals surface area contributed by atoms with Gasteiger partial charge < -0.3 is 15.2 Å². The number of carbonyl (C=O) groups excluding carboxylic acids is 1. The van der Waals surface area contributed by atoms with Crippen LogP contribution in [0.15, 0.2) is 9.60 Å². The predicted molar refractivity (Wildman–Crippen MR) is 97.5 cm³/mol. The molecule has 2 aliphatic rings. The molecule has 0 saturated heterocycles. The minimum atomic E-state index is -1.54. The molecule has 1 aliphatic carbocycles. The van der Waals surface area contributed by atoms with Crippen molar-refractivity contribution in [3.63, 3.8) is 0 Å². The Morgan fingerprint density at radius 2 is 2.04 bits per heavy atom. The van der Waals surface area contributed by atoms with Gasteiger partial charge in [0.2, 0.25) is 12.5 Å². The lowest BCUT2D eigenvalue weighted by Gasteiger charge is -2.39. The van der Waals surface area contributed by atoms with Gasteiger partial charge in [0.05, 0.1) is 12.5 Å². The van der Waals surface area contributed by atoms with Crippen molar-refractivity contribution in [3.05, 3.63) is 16.1 Å². The zero-order valence-electron chi connectivity index (χ0n) is 15.5. The number of nitrogens with two attached hydrogens (primary N) is 1. The minimum absolute atomic E-state index is 0.154. The van der Waals surface area contributed by atoms with Crippen molar-refractivity contribution >= 4 is 27.7 Å². The number of methoxy groups -OCH3 is 2. The number of nitrogens with zero attached hydrogens (tertiary/aromatic N) is 3. The molecule has 0 radical (unpaired) electrons. The van der Waals surface area contributed by atoms with E-state index in [1.165, 1.54) is 18.8 Å². The molecule has 1 saturated carbocycles. The molecule has 2 unspecified atom stereocenters. The van der Waals surface area contributed by atoms with Gasteiger partial charge in [-0.3, -0.25) is 9.36 Å². The van der Waals surface area contributed by atoms with E-state index in [-0.39, 0.29) is 17.7 Å². The van der Waals surface area contributed by atoms with Gasteiger partial charge in [0.15, 0.2) is 0 Å². The van der Waals surface area contributed by atoms with Crippen molar-refractivity contribution in [2.24, 2.45) is 21.6 Å². The van der Waals surface area contributed by atoms with Crippen molar-refractivity contribution in [2.75, 3.05) is 14.2 Å². The number of aromatic nitrogens is 2. The molecule has 0 amide bonds. The summed E-state index contributed by atoms with van der Waals surface area (Å²) in [5.41, 5.74) is 5.24. The van der Waals surface area contributed by atoms with Crippen molar-refractivity contribution < 1.29 is 18.7 Å². The highest BCUT2D eigenvalue weighted by molar-refractivity contribution is 9.10. The average Bonchev–Trinajstić information content (AvgIpc) is 3.05. The molecule has 1 aromatic rings. The molecule has 2 heterocycles.